The number of anilines is 1. The van der Waals surface area contributed by atoms with Crippen LogP contribution in [0.3, 0.4) is 0 Å². The van der Waals surface area contributed by atoms with E-state index in [0.717, 1.165) is 22.4 Å². The number of rotatable bonds is 5. The standard InChI is InChI=1S/C18H17ClN4OS/c1-11-4-3-5-13(8-11)17-21-18(23-22-17)25-10-16(24)20-15-7-6-14(19)9-12(15)2/h3-9H,10H2,1-2H3,(H,20,24)(H,21,22,23). The minimum absolute atomic E-state index is 0.114. The van der Waals surface area contributed by atoms with Gasteiger partial charge in [-0.25, -0.2) is 4.98 Å². The first-order chi connectivity index (χ1) is 12.0. The Morgan fingerprint density at radius 2 is 2.08 bits per heavy atom. The molecule has 1 amide bonds. The number of amides is 1. The second kappa shape index (κ2) is 7.72. The maximum atomic E-state index is 12.1. The molecule has 128 valence electrons. The van der Waals surface area contributed by atoms with Crippen molar-refractivity contribution in [1.29, 1.82) is 0 Å². The molecule has 5 nitrogen and oxygen atoms in total. The van der Waals surface area contributed by atoms with E-state index in [9.17, 15) is 4.79 Å². The van der Waals surface area contributed by atoms with E-state index in [4.69, 9.17) is 11.6 Å². The van der Waals surface area contributed by atoms with Crippen LogP contribution in [0.2, 0.25) is 5.02 Å². The van der Waals surface area contributed by atoms with Crippen molar-refractivity contribution < 1.29 is 4.79 Å². The topological polar surface area (TPSA) is 70.7 Å². The van der Waals surface area contributed by atoms with Gasteiger partial charge in [0.1, 0.15) is 0 Å². The molecule has 2 aromatic carbocycles. The predicted octanol–water partition coefficient (Wildman–Crippen LogP) is 4.47. The van der Waals surface area contributed by atoms with Crippen molar-refractivity contribution in [3.8, 4) is 11.4 Å². The summed E-state index contributed by atoms with van der Waals surface area (Å²) in [6.07, 6.45) is 0. The van der Waals surface area contributed by atoms with Gasteiger partial charge in [-0.1, -0.05) is 47.1 Å². The number of H-pyrrole nitrogens is 1. The fraction of sp³-hybridized carbons (Fsp3) is 0.167. The third kappa shape index (κ3) is 4.61. The number of aryl methyl sites for hydroxylation is 2. The molecule has 0 bridgehead atoms. The molecule has 0 unspecified atom stereocenters. The van der Waals surface area contributed by atoms with E-state index < -0.39 is 0 Å². The quantitative estimate of drug-likeness (QED) is 0.648. The Labute approximate surface area is 155 Å². The third-order valence-electron chi connectivity index (χ3n) is 3.55. The highest BCUT2D eigenvalue weighted by Crippen LogP contribution is 2.22. The molecular formula is C18H17ClN4OS. The maximum Gasteiger partial charge on any atom is 0.234 e. The summed E-state index contributed by atoms with van der Waals surface area (Å²) in [6, 6.07) is 13.4. The van der Waals surface area contributed by atoms with Gasteiger partial charge < -0.3 is 5.32 Å². The minimum atomic E-state index is -0.114. The molecule has 0 aliphatic rings. The molecule has 0 spiro atoms. The normalized spacial score (nSPS) is 10.7. The number of aromatic nitrogens is 3. The molecule has 0 saturated carbocycles. The van der Waals surface area contributed by atoms with Gasteiger partial charge in [-0.2, -0.15) is 0 Å². The van der Waals surface area contributed by atoms with Crippen molar-refractivity contribution in [3.63, 3.8) is 0 Å². The van der Waals surface area contributed by atoms with Gasteiger partial charge in [0.25, 0.3) is 0 Å². The lowest BCUT2D eigenvalue weighted by atomic mass is 10.1. The first-order valence-corrected chi connectivity index (χ1v) is 9.06. The molecule has 0 aliphatic carbocycles. The van der Waals surface area contributed by atoms with Crippen molar-refractivity contribution in [1.82, 2.24) is 15.2 Å². The summed E-state index contributed by atoms with van der Waals surface area (Å²) in [5.41, 5.74) is 3.80. The summed E-state index contributed by atoms with van der Waals surface area (Å²) in [5, 5.41) is 11.1. The highest BCUT2D eigenvalue weighted by molar-refractivity contribution is 7.99. The molecule has 1 aromatic heterocycles. The van der Waals surface area contributed by atoms with Crippen LogP contribution < -0.4 is 5.32 Å². The van der Waals surface area contributed by atoms with Crippen LogP contribution in [0, 0.1) is 13.8 Å². The van der Waals surface area contributed by atoms with E-state index in [-0.39, 0.29) is 11.7 Å². The predicted molar refractivity (Wildman–Crippen MR) is 102 cm³/mol. The second-order valence-corrected chi connectivity index (χ2v) is 7.01. The first-order valence-electron chi connectivity index (χ1n) is 7.69. The van der Waals surface area contributed by atoms with E-state index in [1.165, 1.54) is 11.8 Å². The lowest BCUT2D eigenvalue weighted by Crippen LogP contribution is -2.14. The lowest BCUT2D eigenvalue weighted by molar-refractivity contribution is -0.113. The summed E-state index contributed by atoms with van der Waals surface area (Å²) in [6.45, 7) is 3.93. The zero-order valence-corrected chi connectivity index (χ0v) is 15.4. The summed E-state index contributed by atoms with van der Waals surface area (Å²) >= 11 is 7.21. The number of hydrogen-bond donors (Lipinski definition) is 2. The highest BCUT2D eigenvalue weighted by Gasteiger charge is 2.10. The van der Waals surface area contributed by atoms with Crippen LogP contribution in [0.4, 0.5) is 5.69 Å². The van der Waals surface area contributed by atoms with Gasteiger partial charge in [0.2, 0.25) is 11.1 Å². The summed E-state index contributed by atoms with van der Waals surface area (Å²) in [4.78, 5) is 16.5. The fourth-order valence-electron chi connectivity index (χ4n) is 2.32. The van der Waals surface area contributed by atoms with Gasteiger partial charge in [-0.15, -0.1) is 5.10 Å². The molecule has 7 heteroatoms. The molecule has 3 aromatic rings. The molecule has 3 rings (SSSR count). The van der Waals surface area contributed by atoms with Crippen LogP contribution in [0.15, 0.2) is 47.6 Å². The summed E-state index contributed by atoms with van der Waals surface area (Å²) in [5.74, 6) is 0.810. The number of halogens is 1. The molecule has 0 atom stereocenters. The molecule has 25 heavy (non-hydrogen) atoms. The van der Waals surface area contributed by atoms with Crippen molar-refractivity contribution >= 4 is 35.0 Å². The Balaban J connectivity index is 1.59. The minimum Gasteiger partial charge on any atom is -0.325 e. The lowest BCUT2D eigenvalue weighted by Gasteiger charge is -2.07. The van der Waals surface area contributed by atoms with Gasteiger partial charge in [0.05, 0.1) is 5.75 Å². The zero-order valence-electron chi connectivity index (χ0n) is 13.8. The van der Waals surface area contributed by atoms with Gasteiger partial charge in [-0.05, 0) is 43.7 Å². The molecule has 0 aliphatic heterocycles. The van der Waals surface area contributed by atoms with E-state index in [1.54, 1.807) is 12.1 Å². The van der Waals surface area contributed by atoms with Crippen LogP contribution in [0.5, 0.6) is 0 Å². The average molecular weight is 373 g/mol. The number of hydrogen-bond acceptors (Lipinski definition) is 4. The van der Waals surface area contributed by atoms with E-state index in [2.05, 4.69) is 20.5 Å². The third-order valence-corrected chi connectivity index (χ3v) is 4.63. The van der Waals surface area contributed by atoms with Gasteiger partial charge >= 0.3 is 0 Å². The second-order valence-electron chi connectivity index (χ2n) is 5.63. The molecule has 1 heterocycles. The maximum absolute atomic E-state index is 12.1. The number of carbonyl (C=O) groups excluding carboxylic acids is 1. The zero-order chi connectivity index (χ0) is 17.8. The number of thioether (sulfide) groups is 1. The number of benzene rings is 2. The van der Waals surface area contributed by atoms with Crippen LogP contribution in [-0.2, 0) is 4.79 Å². The van der Waals surface area contributed by atoms with Crippen LogP contribution in [0.25, 0.3) is 11.4 Å². The first kappa shape index (κ1) is 17.5. The number of carbonyl (C=O) groups is 1. The smallest absolute Gasteiger partial charge is 0.234 e. The molecule has 0 saturated heterocycles. The van der Waals surface area contributed by atoms with Crippen molar-refractivity contribution in [2.45, 2.75) is 19.0 Å². The number of nitrogens with zero attached hydrogens (tertiary/aromatic N) is 2. The van der Waals surface area contributed by atoms with Crippen molar-refractivity contribution in [2.75, 3.05) is 11.1 Å². The SMILES string of the molecule is Cc1cccc(-c2nc(SCC(=O)Nc3ccc(Cl)cc3C)n[nH]2)c1. The Kier molecular flexibility index (Phi) is 5.40. The molecule has 0 fully saturated rings. The largest absolute Gasteiger partial charge is 0.325 e. The Hall–Kier alpha value is -2.31. The van der Waals surface area contributed by atoms with Crippen molar-refractivity contribution in [3.05, 3.63) is 58.6 Å². The monoisotopic (exact) mass is 372 g/mol. The Morgan fingerprint density at radius 1 is 1.24 bits per heavy atom. The number of aromatic amines is 1. The fourth-order valence-corrected chi connectivity index (χ4v) is 3.14. The van der Waals surface area contributed by atoms with E-state index >= 15 is 0 Å². The van der Waals surface area contributed by atoms with Crippen LogP contribution in [0.1, 0.15) is 11.1 Å². The Morgan fingerprint density at radius 3 is 2.84 bits per heavy atom. The highest BCUT2D eigenvalue weighted by atomic mass is 35.5. The van der Waals surface area contributed by atoms with E-state index in [0.29, 0.717) is 16.0 Å². The average Bonchev–Trinajstić information content (AvgIpc) is 3.05. The molecule has 0 radical (unpaired) electrons. The molecule has 2 N–H and O–H groups in total. The van der Waals surface area contributed by atoms with Gasteiger partial charge in [-0.3, -0.25) is 9.89 Å². The van der Waals surface area contributed by atoms with E-state index in [1.807, 2.05) is 44.2 Å². The van der Waals surface area contributed by atoms with Gasteiger partial charge in [0.15, 0.2) is 5.82 Å². The molecular weight excluding hydrogens is 356 g/mol. The van der Waals surface area contributed by atoms with Gasteiger partial charge in [0, 0.05) is 16.3 Å². The van der Waals surface area contributed by atoms with Crippen molar-refractivity contribution in [2.24, 2.45) is 0 Å². The summed E-state index contributed by atoms with van der Waals surface area (Å²) < 4.78 is 0. The summed E-state index contributed by atoms with van der Waals surface area (Å²) in [7, 11) is 0. The van der Waals surface area contributed by atoms with Crippen LogP contribution in [-0.4, -0.2) is 26.8 Å². The Bertz CT molecular complexity index is 910. The number of nitrogens with one attached hydrogen (secondary N) is 2. The van der Waals surface area contributed by atoms with Crippen LogP contribution >= 0.6 is 23.4 Å².